The van der Waals surface area contributed by atoms with Gasteiger partial charge >= 0.3 is 0 Å². The van der Waals surface area contributed by atoms with Crippen molar-refractivity contribution in [1.82, 2.24) is 20.1 Å². The van der Waals surface area contributed by atoms with E-state index in [0.717, 1.165) is 35.8 Å². The SMILES string of the molecule is Cc1nnc(CNC(=O)/C=C\c2cccc(OC3CCCC3)c2)n1C. The van der Waals surface area contributed by atoms with Gasteiger partial charge in [-0.15, -0.1) is 10.2 Å². The standard InChI is InChI=1S/C19H24N4O2/c1-14-21-22-18(23(14)2)13-20-19(24)11-10-15-6-5-9-17(12-15)25-16-7-3-4-8-16/h5-6,9-12,16H,3-4,7-8,13H2,1-2H3,(H,20,24)/b11-10-. The fourth-order valence-corrected chi connectivity index (χ4v) is 2.89. The summed E-state index contributed by atoms with van der Waals surface area (Å²) >= 11 is 0. The van der Waals surface area contributed by atoms with Crippen LogP contribution in [0.5, 0.6) is 5.75 Å². The summed E-state index contributed by atoms with van der Waals surface area (Å²) in [6.07, 6.45) is 8.40. The van der Waals surface area contributed by atoms with Crippen LogP contribution in [0.2, 0.25) is 0 Å². The van der Waals surface area contributed by atoms with Gasteiger partial charge < -0.3 is 14.6 Å². The number of benzene rings is 1. The van der Waals surface area contributed by atoms with E-state index < -0.39 is 0 Å². The molecule has 1 heterocycles. The molecule has 0 aliphatic heterocycles. The zero-order valence-corrected chi connectivity index (χ0v) is 14.7. The van der Waals surface area contributed by atoms with Crippen molar-refractivity contribution >= 4 is 12.0 Å². The first-order valence-corrected chi connectivity index (χ1v) is 8.69. The van der Waals surface area contributed by atoms with Crippen molar-refractivity contribution in [1.29, 1.82) is 0 Å². The Labute approximate surface area is 147 Å². The molecule has 0 saturated heterocycles. The van der Waals surface area contributed by atoms with Crippen molar-refractivity contribution in [3.05, 3.63) is 47.6 Å². The normalized spacial score (nSPS) is 15.0. The smallest absolute Gasteiger partial charge is 0.244 e. The molecule has 6 nitrogen and oxygen atoms in total. The Hall–Kier alpha value is -2.63. The lowest BCUT2D eigenvalue weighted by Gasteiger charge is -2.13. The second kappa shape index (κ2) is 7.96. The lowest BCUT2D eigenvalue weighted by atomic mass is 10.2. The number of amides is 1. The average Bonchev–Trinajstić information content (AvgIpc) is 3.23. The van der Waals surface area contributed by atoms with E-state index in [1.165, 1.54) is 18.9 Å². The number of carbonyl (C=O) groups excluding carboxylic acids is 1. The highest BCUT2D eigenvalue weighted by molar-refractivity contribution is 5.91. The van der Waals surface area contributed by atoms with E-state index >= 15 is 0 Å². The van der Waals surface area contributed by atoms with Crippen LogP contribution in [0.1, 0.15) is 42.9 Å². The van der Waals surface area contributed by atoms with Crippen LogP contribution in [0.3, 0.4) is 0 Å². The number of ether oxygens (including phenoxy) is 1. The number of carbonyl (C=O) groups is 1. The largest absolute Gasteiger partial charge is 0.490 e. The minimum atomic E-state index is -0.164. The minimum Gasteiger partial charge on any atom is -0.490 e. The maximum Gasteiger partial charge on any atom is 0.244 e. The third kappa shape index (κ3) is 4.68. The number of nitrogens with zero attached hydrogens (tertiary/aromatic N) is 3. The number of hydrogen-bond donors (Lipinski definition) is 1. The first-order valence-electron chi connectivity index (χ1n) is 8.69. The summed E-state index contributed by atoms with van der Waals surface area (Å²) in [6, 6.07) is 7.84. The summed E-state index contributed by atoms with van der Waals surface area (Å²) in [6.45, 7) is 2.23. The van der Waals surface area contributed by atoms with Crippen LogP contribution in [0.15, 0.2) is 30.3 Å². The molecule has 0 spiro atoms. The van der Waals surface area contributed by atoms with Crippen molar-refractivity contribution in [2.75, 3.05) is 0 Å². The lowest BCUT2D eigenvalue weighted by Crippen LogP contribution is -2.22. The topological polar surface area (TPSA) is 69.0 Å². The summed E-state index contributed by atoms with van der Waals surface area (Å²) in [5.74, 6) is 2.25. The number of aromatic nitrogens is 3. The highest BCUT2D eigenvalue weighted by Gasteiger charge is 2.16. The van der Waals surface area contributed by atoms with Gasteiger partial charge in [-0.3, -0.25) is 4.79 Å². The predicted molar refractivity (Wildman–Crippen MR) is 95.9 cm³/mol. The monoisotopic (exact) mass is 340 g/mol. The molecule has 1 aromatic heterocycles. The molecule has 2 aromatic rings. The van der Waals surface area contributed by atoms with Crippen molar-refractivity contribution in [3.63, 3.8) is 0 Å². The molecule has 1 N–H and O–H groups in total. The van der Waals surface area contributed by atoms with Gasteiger partial charge in [0, 0.05) is 13.1 Å². The molecular formula is C19H24N4O2. The van der Waals surface area contributed by atoms with Gasteiger partial charge in [0.15, 0.2) is 5.82 Å². The number of rotatable bonds is 6. The number of aryl methyl sites for hydroxylation is 1. The van der Waals surface area contributed by atoms with Gasteiger partial charge in [0.05, 0.1) is 12.6 Å². The summed E-state index contributed by atoms with van der Waals surface area (Å²) in [7, 11) is 1.88. The first-order chi connectivity index (χ1) is 12.1. The Bertz CT molecular complexity index is 761. The summed E-state index contributed by atoms with van der Waals surface area (Å²) in [4.78, 5) is 12.0. The molecule has 132 valence electrons. The summed E-state index contributed by atoms with van der Waals surface area (Å²) in [5.41, 5.74) is 0.945. The van der Waals surface area contributed by atoms with Crippen molar-refractivity contribution in [2.24, 2.45) is 7.05 Å². The molecule has 0 bridgehead atoms. The van der Waals surface area contributed by atoms with Crippen molar-refractivity contribution in [2.45, 2.75) is 45.3 Å². The minimum absolute atomic E-state index is 0.164. The van der Waals surface area contributed by atoms with Crippen LogP contribution in [0, 0.1) is 6.92 Å². The highest BCUT2D eigenvalue weighted by atomic mass is 16.5. The Balaban J connectivity index is 1.53. The third-order valence-electron chi connectivity index (χ3n) is 4.49. The van der Waals surface area contributed by atoms with Crippen molar-refractivity contribution in [3.8, 4) is 5.75 Å². The molecular weight excluding hydrogens is 316 g/mol. The third-order valence-corrected chi connectivity index (χ3v) is 4.49. The molecule has 3 rings (SSSR count). The fraction of sp³-hybridized carbons (Fsp3) is 0.421. The lowest BCUT2D eigenvalue weighted by molar-refractivity contribution is -0.116. The highest BCUT2D eigenvalue weighted by Crippen LogP contribution is 2.24. The van der Waals surface area contributed by atoms with Gasteiger partial charge in [-0.25, -0.2) is 0 Å². The van der Waals surface area contributed by atoms with Gasteiger partial charge in [-0.2, -0.15) is 0 Å². The quantitative estimate of drug-likeness (QED) is 0.821. The Morgan fingerprint density at radius 2 is 2.16 bits per heavy atom. The predicted octanol–water partition coefficient (Wildman–Crippen LogP) is 2.77. The van der Waals surface area contributed by atoms with Crippen LogP contribution >= 0.6 is 0 Å². The molecule has 1 saturated carbocycles. The zero-order chi connectivity index (χ0) is 17.6. The van der Waals surface area contributed by atoms with E-state index in [1.54, 1.807) is 6.08 Å². The van der Waals surface area contributed by atoms with Gasteiger partial charge in [-0.05, 0) is 56.4 Å². The van der Waals surface area contributed by atoms with Crippen LogP contribution in [0.4, 0.5) is 0 Å². The van der Waals surface area contributed by atoms with Gasteiger partial charge in [0.25, 0.3) is 0 Å². The second-order valence-electron chi connectivity index (χ2n) is 6.37. The molecule has 1 fully saturated rings. The van der Waals surface area contributed by atoms with Gasteiger partial charge in [-0.1, -0.05) is 12.1 Å². The molecule has 1 amide bonds. The molecule has 1 aliphatic carbocycles. The molecule has 0 unspecified atom stereocenters. The van der Waals surface area contributed by atoms with Crippen LogP contribution in [0.25, 0.3) is 6.08 Å². The fourth-order valence-electron chi connectivity index (χ4n) is 2.89. The molecule has 1 aromatic carbocycles. The molecule has 0 radical (unpaired) electrons. The van der Waals surface area contributed by atoms with Crippen LogP contribution in [-0.4, -0.2) is 26.8 Å². The average molecular weight is 340 g/mol. The maximum atomic E-state index is 12.0. The van der Waals surface area contributed by atoms with Crippen LogP contribution < -0.4 is 10.1 Å². The summed E-state index contributed by atoms with van der Waals surface area (Å²) in [5, 5.41) is 10.8. The number of hydrogen-bond acceptors (Lipinski definition) is 4. The van der Waals surface area contributed by atoms with E-state index in [4.69, 9.17) is 4.74 Å². The van der Waals surface area contributed by atoms with Gasteiger partial charge in [0.2, 0.25) is 5.91 Å². The maximum absolute atomic E-state index is 12.0. The van der Waals surface area contributed by atoms with E-state index in [-0.39, 0.29) is 5.91 Å². The Morgan fingerprint density at radius 1 is 1.36 bits per heavy atom. The molecule has 1 aliphatic rings. The molecule has 6 heteroatoms. The number of nitrogens with one attached hydrogen (secondary N) is 1. The first kappa shape index (κ1) is 17.2. The second-order valence-corrected chi connectivity index (χ2v) is 6.37. The zero-order valence-electron chi connectivity index (χ0n) is 14.7. The van der Waals surface area contributed by atoms with E-state index in [9.17, 15) is 4.79 Å². The van der Waals surface area contributed by atoms with Gasteiger partial charge in [0.1, 0.15) is 11.6 Å². The van der Waals surface area contributed by atoms with E-state index in [2.05, 4.69) is 15.5 Å². The Morgan fingerprint density at radius 3 is 2.88 bits per heavy atom. The Kier molecular flexibility index (Phi) is 5.48. The molecule has 0 atom stereocenters. The van der Waals surface area contributed by atoms with E-state index in [1.807, 2.05) is 42.8 Å². The molecule has 25 heavy (non-hydrogen) atoms. The van der Waals surface area contributed by atoms with E-state index in [0.29, 0.717) is 12.6 Å². The van der Waals surface area contributed by atoms with Crippen LogP contribution in [-0.2, 0) is 18.4 Å². The summed E-state index contributed by atoms with van der Waals surface area (Å²) < 4.78 is 7.85. The van der Waals surface area contributed by atoms with Crippen molar-refractivity contribution < 1.29 is 9.53 Å².